The van der Waals surface area contributed by atoms with Gasteiger partial charge in [0, 0.05) is 11.4 Å². The van der Waals surface area contributed by atoms with Gasteiger partial charge in [-0.25, -0.2) is 0 Å². The van der Waals surface area contributed by atoms with Crippen LogP contribution in [0.4, 0.5) is 0 Å². The predicted octanol–water partition coefficient (Wildman–Crippen LogP) is 3.51. The van der Waals surface area contributed by atoms with Crippen molar-refractivity contribution in [1.82, 2.24) is 0 Å². The maximum Gasteiger partial charge on any atom is 0.220 e. The molecule has 1 aromatic heterocycles. The first kappa shape index (κ1) is 17.8. The maximum atomic E-state index is 2.35. The smallest absolute Gasteiger partial charge is 0.220 e. The Kier molecular flexibility index (Phi) is 5.98. The van der Waals surface area contributed by atoms with Gasteiger partial charge in [0.1, 0.15) is 10.9 Å². The Bertz CT molecular complexity index is 863. The maximum absolute atomic E-state index is 2.35. The van der Waals surface area contributed by atoms with Gasteiger partial charge in [-0.2, -0.15) is 0 Å². The summed E-state index contributed by atoms with van der Waals surface area (Å²) < 4.78 is 1.41. The molecule has 0 N–H and O–H groups in total. The van der Waals surface area contributed by atoms with Crippen molar-refractivity contribution in [2.45, 2.75) is 14.0 Å². The van der Waals surface area contributed by atoms with Crippen molar-refractivity contribution in [2.24, 2.45) is 0 Å². The van der Waals surface area contributed by atoms with Gasteiger partial charge >= 0.3 is 0 Å². The lowest BCUT2D eigenvalue weighted by molar-refractivity contribution is -0.00000458. The van der Waals surface area contributed by atoms with Crippen molar-refractivity contribution in [3.8, 4) is 11.1 Å². The van der Waals surface area contributed by atoms with E-state index >= 15 is 0 Å². The monoisotopic (exact) mass is 380 g/mol. The molecule has 3 aromatic carbocycles. The van der Waals surface area contributed by atoms with Crippen LogP contribution in [0.5, 0.6) is 0 Å². The number of halogens is 1. The zero-order valence-electron chi connectivity index (χ0n) is 13.5. The second-order valence-corrected chi connectivity index (χ2v) is 8.62. The number of rotatable bonds is 4. The summed E-state index contributed by atoms with van der Waals surface area (Å²) in [5, 5.41) is 2.27. The van der Waals surface area contributed by atoms with E-state index < -0.39 is 0 Å². The van der Waals surface area contributed by atoms with Gasteiger partial charge in [0.25, 0.3) is 0 Å². The number of hydrogen-bond donors (Lipinski definition) is 0. The van der Waals surface area contributed by atoms with Crippen LogP contribution < -0.4 is 12.4 Å². The fourth-order valence-corrected chi connectivity index (χ4v) is 6.28. The lowest BCUT2D eigenvalue weighted by Gasteiger charge is -2.05. The van der Waals surface area contributed by atoms with E-state index in [9.17, 15) is 0 Å². The Balaban J connectivity index is 0.00000182. The molecule has 0 saturated heterocycles. The van der Waals surface area contributed by atoms with Crippen molar-refractivity contribution in [3.05, 3.63) is 102 Å². The van der Waals surface area contributed by atoms with Crippen LogP contribution in [0.2, 0.25) is 0 Å². The molecule has 0 aliphatic heterocycles. The second-order valence-electron chi connectivity index (χ2n) is 5.45. The highest BCUT2D eigenvalue weighted by atomic mass is 35.5. The van der Waals surface area contributed by atoms with Crippen LogP contribution in [-0.4, -0.2) is 0 Å². The van der Waals surface area contributed by atoms with Gasteiger partial charge in [-0.15, -0.1) is 0 Å². The van der Waals surface area contributed by atoms with E-state index in [-0.39, 0.29) is 23.3 Å². The quantitative estimate of drug-likeness (QED) is 0.475. The molecule has 0 fully saturated rings. The fourth-order valence-electron chi connectivity index (χ4n) is 2.69. The van der Waals surface area contributed by atoms with Gasteiger partial charge in [-0.05, 0) is 35.4 Å². The molecule has 0 spiro atoms. The second kappa shape index (κ2) is 8.39. The highest BCUT2D eigenvalue weighted by Crippen LogP contribution is 2.37. The lowest BCUT2D eigenvalue weighted by Crippen LogP contribution is -3.00. The topological polar surface area (TPSA) is 0 Å². The van der Waals surface area contributed by atoms with Gasteiger partial charge in [-0.3, -0.25) is 0 Å². The van der Waals surface area contributed by atoms with E-state index in [2.05, 4.69) is 102 Å². The Labute approximate surface area is 161 Å². The van der Waals surface area contributed by atoms with Crippen LogP contribution in [0.1, 0.15) is 0 Å². The molecule has 0 radical (unpaired) electrons. The van der Waals surface area contributed by atoms with E-state index in [1.807, 2.05) is 11.3 Å². The molecule has 0 atom stereocenters. The van der Waals surface area contributed by atoms with Crippen LogP contribution in [0, 0.1) is 0 Å². The summed E-state index contributed by atoms with van der Waals surface area (Å²) in [6, 6.07) is 34.6. The average Bonchev–Trinajstić information content (AvgIpc) is 3.14. The summed E-state index contributed by atoms with van der Waals surface area (Å²) in [6.07, 6.45) is 0. The molecular formula is C22H17ClS2. The summed E-state index contributed by atoms with van der Waals surface area (Å²) in [4.78, 5) is 2.73. The summed E-state index contributed by atoms with van der Waals surface area (Å²) >= 11 is 1.85. The Morgan fingerprint density at radius 2 is 1.04 bits per heavy atom. The molecule has 0 aliphatic carbocycles. The molecule has 4 aromatic rings. The first-order chi connectivity index (χ1) is 11.9. The standard InChI is InChI=1S/C22H17S2.ClH/c1-4-10-18(11-5-1)19-16-22(23-17-19)24(20-12-6-2-7-13-20)21-14-8-3-9-15-21;/h1-17H;1H/q+1;/p-1. The summed E-state index contributed by atoms with van der Waals surface area (Å²) in [5.74, 6) is 0. The zero-order valence-corrected chi connectivity index (χ0v) is 15.9. The molecule has 0 nitrogen and oxygen atoms in total. The third kappa shape index (κ3) is 3.98. The molecule has 0 aliphatic rings. The minimum absolute atomic E-state index is 0. The van der Waals surface area contributed by atoms with Crippen LogP contribution in [0.3, 0.4) is 0 Å². The normalized spacial score (nSPS) is 10.4. The molecule has 0 unspecified atom stereocenters. The number of hydrogen-bond acceptors (Lipinski definition) is 1. The van der Waals surface area contributed by atoms with Gasteiger partial charge in [0.15, 0.2) is 9.79 Å². The Hall–Kier alpha value is -2.00. The van der Waals surface area contributed by atoms with E-state index in [1.54, 1.807) is 0 Å². The third-order valence-electron chi connectivity index (χ3n) is 3.84. The molecule has 0 saturated carbocycles. The molecule has 4 rings (SSSR count). The molecule has 0 bridgehead atoms. The van der Waals surface area contributed by atoms with E-state index in [4.69, 9.17) is 0 Å². The first-order valence-corrected chi connectivity index (χ1v) is 10.0. The summed E-state index contributed by atoms with van der Waals surface area (Å²) in [6.45, 7) is 0. The third-order valence-corrected chi connectivity index (χ3v) is 7.36. The van der Waals surface area contributed by atoms with Crippen molar-refractivity contribution in [3.63, 3.8) is 0 Å². The zero-order chi connectivity index (χ0) is 16.2. The minimum atomic E-state index is -0.0491. The van der Waals surface area contributed by atoms with Gasteiger partial charge in [0.2, 0.25) is 4.21 Å². The molecule has 3 heteroatoms. The fraction of sp³-hybridized carbons (Fsp3) is 0. The van der Waals surface area contributed by atoms with E-state index in [1.165, 1.54) is 25.1 Å². The van der Waals surface area contributed by atoms with Gasteiger partial charge < -0.3 is 12.4 Å². The van der Waals surface area contributed by atoms with E-state index in [0.29, 0.717) is 0 Å². The highest BCUT2D eigenvalue weighted by molar-refractivity contribution is 7.98. The van der Waals surface area contributed by atoms with E-state index in [0.717, 1.165) is 0 Å². The van der Waals surface area contributed by atoms with Crippen LogP contribution in [-0.2, 0) is 10.9 Å². The predicted molar refractivity (Wildman–Crippen MR) is 105 cm³/mol. The van der Waals surface area contributed by atoms with Crippen molar-refractivity contribution >= 4 is 22.2 Å². The Morgan fingerprint density at radius 3 is 1.56 bits per heavy atom. The van der Waals surface area contributed by atoms with Crippen LogP contribution in [0.25, 0.3) is 11.1 Å². The first-order valence-electron chi connectivity index (χ1n) is 7.90. The number of benzene rings is 3. The molecule has 0 amide bonds. The molecule has 25 heavy (non-hydrogen) atoms. The number of thiophene rings is 1. The van der Waals surface area contributed by atoms with Crippen molar-refractivity contribution in [1.29, 1.82) is 0 Å². The highest BCUT2D eigenvalue weighted by Gasteiger charge is 2.30. The molecular weight excluding hydrogens is 364 g/mol. The van der Waals surface area contributed by atoms with Crippen molar-refractivity contribution < 1.29 is 12.4 Å². The SMILES string of the molecule is [Cl-].c1ccc(-c2csc([S+](c3ccccc3)c3ccccc3)c2)cc1. The average molecular weight is 381 g/mol. The largest absolute Gasteiger partial charge is 1.00 e. The van der Waals surface area contributed by atoms with Crippen LogP contribution >= 0.6 is 11.3 Å². The molecule has 1 heterocycles. The minimum Gasteiger partial charge on any atom is -1.00 e. The molecule has 124 valence electrons. The van der Waals surface area contributed by atoms with Gasteiger partial charge in [-0.1, -0.05) is 78.1 Å². The van der Waals surface area contributed by atoms with Crippen molar-refractivity contribution in [2.75, 3.05) is 0 Å². The lowest BCUT2D eigenvalue weighted by atomic mass is 10.1. The Morgan fingerprint density at radius 1 is 0.560 bits per heavy atom. The summed E-state index contributed by atoms with van der Waals surface area (Å²) in [5.41, 5.74) is 2.59. The van der Waals surface area contributed by atoms with Crippen LogP contribution in [0.15, 0.2) is 116 Å². The van der Waals surface area contributed by atoms with Gasteiger partial charge in [0.05, 0.1) is 0 Å². The summed E-state index contributed by atoms with van der Waals surface area (Å²) in [7, 11) is -0.0491.